The molecule has 0 amide bonds. The van der Waals surface area contributed by atoms with Crippen molar-refractivity contribution in [2.45, 2.75) is 41.9 Å². The number of hydrogen-bond donors (Lipinski definition) is 1. The van der Waals surface area contributed by atoms with Gasteiger partial charge in [-0.1, -0.05) is 43.2 Å². The average molecular weight is 367 g/mol. The van der Waals surface area contributed by atoms with Crippen molar-refractivity contribution >= 4 is 22.4 Å². The molecule has 130 valence electrons. The Morgan fingerprint density at radius 1 is 1.17 bits per heavy atom. The van der Waals surface area contributed by atoms with E-state index >= 15 is 0 Å². The van der Waals surface area contributed by atoms with Crippen LogP contribution in [0.1, 0.15) is 37.0 Å². The van der Waals surface area contributed by atoms with Crippen LogP contribution in [0.4, 0.5) is 0 Å². The summed E-state index contributed by atoms with van der Waals surface area (Å²) in [7, 11) is 0.0357. The van der Waals surface area contributed by atoms with Crippen LogP contribution in [0.2, 0.25) is 0 Å². The molecule has 1 N–H and O–H groups in total. The van der Waals surface area contributed by atoms with E-state index in [1.807, 2.05) is 26.0 Å². The highest BCUT2D eigenvalue weighted by atomic mass is 35.5. The molecule has 0 radical (unpaired) electrons. The number of methoxy groups -OCH3 is 1. The van der Waals surface area contributed by atoms with Crippen molar-refractivity contribution in [3.05, 3.63) is 59.7 Å². The van der Waals surface area contributed by atoms with E-state index in [9.17, 15) is 9.32 Å². The highest BCUT2D eigenvalue weighted by Crippen LogP contribution is 2.42. The lowest BCUT2D eigenvalue weighted by Crippen LogP contribution is -2.35. The second-order valence-electron chi connectivity index (χ2n) is 5.79. The van der Waals surface area contributed by atoms with Gasteiger partial charge in [0.05, 0.1) is 17.9 Å². The number of alkyl halides is 1. The third kappa shape index (κ3) is 4.00. The number of benzene rings is 2. The Kier molecular flexibility index (Phi) is 6.44. The second-order valence-corrected chi connectivity index (χ2v) is 8.43. The molecule has 5 heteroatoms. The first-order chi connectivity index (χ1) is 11.4. The smallest absolute Gasteiger partial charge is 0.154 e. The summed E-state index contributed by atoms with van der Waals surface area (Å²) in [6.45, 7) is 3.93. The quantitative estimate of drug-likeness (QED) is 0.729. The Morgan fingerprint density at radius 2 is 1.75 bits per heavy atom. The van der Waals surface area contributed by atoms with Gasteiger partial charge in [-0.3, -0.25) is 4.21 Å². The molecule has 2 aromatic carbocycles. The summed E-state index contributed by atoms with van der Waals surface area (Å²) < 4.78 is 17.0. The highest BCUT2D eigenvalue weighted by Gasteiger charge is 2.42. The number of aliphatic hydroxyl groups excluding tert-OH is 1. The lowest BCUT2D eigenvalue weighted by Gasteiger charge is -2.31. The number of aliphatic hydroxyl groups is 1. The van der Waals surface area contributed by atoms with E-state index in [1.165, 1.54) is 0 Å². The van der Waals surface area contributed by atoms with Crippen LogP contribution in [0.3, 0.4) is 0 Å². The fourth-order valence-corrected chi connectivity index (χ4v) is 4.65. The van der Waals surface area contributed by atoms with Crippen LogP contribution in [0.5, 0.6) is 5.75 Å². The molecule has 0 aliphatic heterocycles. The van der Waals surface area contributed by atoms with Crippen molar-refractivity contribution in [2.24, 2.45) is 0 Å². The first-order valence-corrected chi connectivity index (χ1v) is 9.44. The fraction of sp³-hybridized carbons (Fsp3) is 0.368. The van der Waals surface area contributed by atoms with Gasteiger partial charge in [0.15, 0.2) is 4.21 Å². The molecule has 0 aromatic heterocycles. The van der Waals surface area contributed by atoms with E-state index in [-0.39, 0.29) is 0 Å². The van der Waals surface area contributed by atoms with Crippen molar-refractivity contribution < 1.29 is 14.1 Å². The van der Waals surface area contributed by atoms with E-state index in [2.05, 4.69) is 0 Å². The first kappa shape index (κ1) is 19.0. The van der Waals surface area contributed by atoms with Gasteiger partial charge in [0, 0.05) is 4.90 Å². The maximum atomic E-state index is 13.1. The third-order valence-electron chi connectivity index (χ3n) is 3.97. The lowest BCUT2D eigenvalue weighted by molar-refractivity contribution is 0.154. The van der Waals surface area contributed by atoms with Crippen LogP contribution in [-0.2, 0) is 10.8 Å². The van der Waals surface area contributed by atoms with Crippen LogP contribution in [0.25, 0.3) is 0 Å². The van der Waals surface area contributed by atoms with Gasteiger partial charge in [-0.05, 0) is 43.2 Å². The normalized spacial score (nSPS) is 16.2. The summed E-state index contributed by atoms with van der Waals surface area (Å²) in [6, 6.07) is 14.4. The monoisotopic (exact) mass is 366 g/mol. The van der Waals surface area contributed by atoms with Gasteiger partial charge in [0.2, 0.25) is 0 Å². The standard InChI is InChI=1S/C19H23ClO3S/c1-4-13-19(20,24(22)17-11-5-14(2)6-12-17)18(21)15-7-9-16(23-3)10-8-15/h5-12,18,21H,4,13H2,1-3H3/t18-,19+,24?/m1/s1. The molecule has 0 fully saturated rings. The predicted octanol–water partition coefficient (Wildman–Crippen LogP) is 4.58. The Bertz CT molecular complexity index is 685. The zero-order valence-corrected chi connectivity index (χ0v) is 15.7. The summed E-state index contributed by atoms with van der Waals surface area (Å²) in [4.78, 5) is 0.622. The van der Waals surface area contributed by atoms with Crippen molar-refractivity contribution in [1.82, 2.24) is 0 Å². The van der Waals surface area contributed by atoms with Gasteiger partial charge in [-0.15, -0.1) is 11.6 Å². The van der Waals surface area contributed by atoms with Gasteiger partial charge < -0.3 is 9.84 Å². The molecule has 0 spiro atoms. The maximum Gasteiger partial charge on any atom is 0.154 e. The molecule has 0 aliphatic carbocycles. The SMILES string of the molecule is CCC[C@@](Cl)([C@H](O)c1ccc(OC)cc1)S(=O)c1ccc(C)cc1. The van der Waals surface area contributed by atoms with E-state index in [0.29, 0.717) is 29.1 Å². The number of hydrogen-bond acceptors (Lipinski definition) is 3. The Morgan fingerprint density at radius 3 is 2.25 bits per heavy atom. The Balaban J connectivity index is 2.36. The van der Waals surface area contributed by atoms with Crippen LogP contribution in [0.15, 0.2) is 53.4 Å². The van der Waals surface area contributed by atoms with E-state index < -0.39 is 21.1 Å². The zero-order chi connectivity index (χ0) is 17.7. The van der Waals surface area contributed by atoms with Crippen molar-refractivity contribution in [3.63, 3.8) is 0 Å². The summed E-state index contributed by atoms with van der Waals surface area (Å²) in [5.74, 6) is 0.696. The van der Waals surface area contributed by atoms with E-state index in [0.717, 1.165) is 5.56 Å². The van der Waals surface area contributed by atoms with Crippen LogP contribution in [-0.4, -0.2) is 20.6 Å². The fourth-order valence-electron chi connectivity index (χ4n) is 2.56. The van der Waals surface area contributed by atoms with Gasteiger partial charge in [0.1, 0.15) is 11.9 Å². The number of ether oxygens (including phenoxy) is 1. The summed E-state index contributed by atoms with van der Waals surface area (Å²) in [5, 5.41) is 10.9. The molecule has 0 saturated heterocycles. The van der Waals surface area contributed by atoms with Gasteiger partial charge >= 0.3 is 0 Å². The minimum Gasteiger partial charge on any atom is -0.497 e. The van der Waals surface area contributed by atoms with Gasteiger partial charge in [-0.25, -0.2) is 0 Å². The van der Waals surface area contributed by atoms with Gasteiger partial charge in [-0.2, -0.15) is 0 Å². The molecule has 1 unspecified atom stereocenters. The van der Waals surface area contributed by atoms with Crippen molar-refractivity contribution in [1.29, 1.82) is 0 Å². The van der Waals surface area contributed by atoms with Crippen LogP contribution in [0, 0.1) is 6.92 Å². The summed E-state index contributed by atoms with van der Waals surface area (Å²) in [6.07, 6.45) is 0.100. The average Bonchev–Trinajstić information content (AvgIpc) is 2.61. The predicted molar refractivity (Wildman–Crippen MR) is 99.0 cm³/mol. The van der Waals surface area contributed by atoms with Crippen LogP contribution < -0.4 is 4.74 Å². The number of aryl methyl sites for hydroxylation is 1. The topological polar surface area (TPSA) is 46.5 Å². The van der Waals surface area contributed by atoms with E-state index in [1.54, 1.807) is 43.5 Å². The largest absolute Gasteiger partial charge is 0.497 e. The van der Waals surface area contributed by atoms with Crippen molar-refractivity contribution in [2.75, 3.05) is 7.11 Å². The van der Waals surface area contributed by atoms with E-state index in [4.69, 9.17) is 16.3 Å². The second kappa shape index (κ2) is 8.15. The maximum absolute atomic E-state index is 13.1. The third-order valence-corrected chi connectivity index (χ3v) is 6.53. The zero-order valence-electron chi connectivity index (χ0n) is 14.2. The van der Waals surface area contributed by atoms with Gasteiger partial charge in [0.25, 0.3) is 0 Å². The minimum absolute atomic E-state index is 0.433. The first-order valence-electron chi connectivity index (χ1n) is 7.92. The molecule has 0 heterocycles. The summed E-state index contributed by atoms with van der Waals surface area (Å²) >= 11 is 6.74. The number of halogens is 1. The molecule has 0 saturated carbocycles. The molecular formula is C19H23ClO3S. The minimum atomic E-state index is -1.55. The molecule has 24 heavy (non-hydrogen) atoms. The van der Waals surface area contributed by atoms with Crippen molar-refractivity contribution in [3.8, 4) is 5.75 Å². The number of rotatable bonds is 7. The van der Waals surface area contributed by atoms with Crippen LogP contribution >= 0.6 is 11.6 Å². The molecule has 2 rings (SSSR count). The summed E-state index contributed by atoms with van der Waals surface area (Å²) in [5.41, 5.74) is 1.71. The molecule has 3 atom stereocenters. The lowest BCUT2D eigenvalue weighted by atomic mass is 10.0. The molecular weight excluding hydrogens is 344 g/mol. The molecule has 3 nitrogen and oxygen atoms in total. The molecule has 2 aromatic rings. The Labute approximate surface area is 151 Å². The Hall–Kier alpha value is -1.36. The highest BCUT2D eigenvalue weighted by molar-refractivity contribution is 7.88. The molecule has 0 aliphatic rings. The molecule has 0 bridgehead atoms.